The zero-order valence-electron chi connectivity index (χ0n) is 9.23. The van der Waals surface area contributed by atoms with Crippen molar-refractivity contribution in [3.05, 3.63) is 56.8 Å². The van der Waals surface area contributed by atoms with E-state index in [1.165, 1.54) is 10.9 Å². The second kappa shape index (κ2) is 5.28. The Balaban J connectivity index is 2.08. The average molecular weight is 312 g/mol. The van der Waals surface area contributed by atoms with Gasteiger partial charge in [0.1, 0.15) is 12.4 Å². The first kappa shape index (κ1) is 12.7. The van der Waals surface area contributed by atoms with Crippen molar-refractivity contribution in [3.63, 3.8) is 0 Å². The molecule has 18 heavy (non-hydrogen) atoms. The molecule has 0 aliphatic rings. The van der Waals surface area contributed by atoms with E-state index in [-0.39, 0.29) is 12.2 Å². The number of rotatable bonds is 4. The van der Waals surface area contributed by atoms with E-state index < -0.39 is 11.0 Å². The highest BCUT2D eigenvalue weighted by Crippen LogP contribution is 2.19. The van der Waals surface area contributed by atoms with Crippen LogP contribution in [-0.4, -0.2) is 19.8 Å². The van der Waals surface area contributed by atoms with Gasteiger partial charge in [0.25, 0.3) is 0 Å². The minimum absolute atomic E-state index is 0.0852. The number of hydrogen-bond acceptors (Lipinski definition) is 4. The Labute approximate surface area is 111 Å². The van der Waals surface area contributed by atoms with E-state index in [1.807, 2.05) is 12.1 Å². The molecule has 1 aromatic heterocycles. The summed E-state index contributed by atoms with van der Waals surface area (Å²) in [6.07, 6.45) is 1.70. The molecule has 7 heteroatoms. The lowest BCUT2D eigenvalue weighted by Gasteiger charge is -2.10. The summed E-state index contributed by atoms with van der Waals surface area (Å²) < 4.78 is 2.28. The van der Waals surface area contributed by atoms with Gasteiger partial charge >= 0.3 is 5.69 Å². The maximum atomic E-state index is 10.5. The van der Waals surface area contributed by atoms with Crippen molar-refractivity contribution in [3.8, 4) is 0 Å². The van der Waals surface area contributed by atoms with Crippen LogP contribution in [-0.2, 0) is 6.54 Å². The number of aliphatic hydroxyl groups is 1. The molecule has 1 heterocycles. The third kappa shape index (κ3) is 2.93. The molecule has 2 rings (SSSR count). The highest BCUT2D eigenvalue weighted by molar-refractivity contribution is 9.10. The molecule has 0 aliphatic carbocycles. The van der Waals surface area contributed by atoms with E-state index >= 15 is 0 Å². The van der Waals surface area contributed by atoms with Gasteiger partial charge in [0.05, 0.1) is 17.6 Å². The maximum Gasteiger partial charge on any atom is 0.306 e. The van der Waals surface area contributed by atoms with Crippen LogP contribution in [0.2, 0.25) is 0 Å². The highest BCUT2D eigenvalue weighted by Gasteiger charge is 2.13. The standard InChI is InChI=1S/C11H10BrN3O3/c12-9-3-1-8(2-4-9)11(16)7-14-6-10(5-13-14)15(17)18/h1-6,11,16H,7H2. The minimum Gasteiger partial charge on any atom is -0.386 e. The first-order valence-electron chi connectivity index (χ1n) is 5.16. The van der Waals surface area contributed by atoms with E-state index in [2.05, 4.69) is 21.0 Å². The van der Waals surface area contributed by atoms with Gasteiger partial charge in [0, 0.05) is 4.47 Å². The molecule has 6 nitrogen and oxygen atoms in total. The summed E-state index contributed by atoms with van der Waals surface area (Å²) in [5, 5.41) is 24.3. The van der Waals surface area contributed by atoms with Gasteiger partial charge in [0.15, 0.2) is 0 Å². The molecule has 0 fully saturated rings. The molecule has 0 radical (unpaired) electrons. The topological polar surface area (TPSA) is 81.2 Å². The highest BCUT2D eigenvalue weighted by atomic mass is 79.9. The summed E-state index contributed by atoms with van der Waals surface area (Å²) >= 11 is 3.31. The van der Waals surface area contributed by atoms with Crippen LogP contribution in [0, 0.1) is 10.1 Å². The molecule has 94 valence electrons. The summed E-state index contributed by atoms with van der Waals surface area (Å²) in [5.41, 5.74) is 0.648. The van der Waals surface area contributed by atoms with Crippen molar-refractivity contribution < 1.29 is 10.0 Å². The Morgan fingerprint density at radius 2 is 2.11 bits per heavy atom. The van der Waals surface area contributed by atoms with Gasteiger partial charge in [-0.2, -0.15) is 5.10 Å². The van der Waals surface area contributed by atoms with Crippen LogP contribution in [0.15, 0.2) is 41.1 Å². The van der Waals surface area contributed by atoms with Crippen molar-refractivity contribution >= 4 is 21.6 Å². The Morgan fingerprint density at radius 1 is 1.44 bits per heavy atom. The molecule has 1 atom stereocenters. The van der Waals surface area contributed by atoms with Crippen molar-refractivity contribution in [2.24, 2.45) is 0 Å². The molecule has 1 aromatic carbocycles. The van der Waals surface area contributed by atoms with Gasteiger partial charge in [-0.15, -0.1) is 0 Å². The van der Waals surface area contributed by atoms with Gasteiger partial charge in [-0.3, -0.25) is 14.8 Å². The quantitative estimate of drug-likeness (QED) is 0.694. The largest absolute Gasteiger partial charge is 0.386 e. The number of aliphatic hydroxyl groups excluding tert-OH is 1. The average Bonchev–Trinajstić information content (AvgIpc) is 2.78. The summed E-state index contributed by atoms with van der Waals surface area (Å²) in [7, 11) is 0. The molecule has 0 aliphatic heterocycles. The van der Waals surface area contributed by atoms with Crippen molar-refractivity contribution in [1.29, 1.82) is 0 Å². The number of halogens is 1. The van der Waals surface area contributed by atoms with Crippen LogP contribution in [0.25, 0.3) is 0 Å². The Kier molecular flexibility index (Phi) is 3.73. The second-order valence-electron chi connectivity index (χ2n) is 3.75. The molecule has 0 bridgehead atoms. The zero-order valence-corrected chi connectivity index (χ0v) is 10.8. The smallest absolute Gasteiger partial charge is 0.306 e. The number of benzene rings is 1. The van der Waals surface area contributed by atoms with E-state index in [0.29, 0.717) is 0 Å². The minimum atomic E-state index is -0.752. The van der Waals surface area contributed by atoms with E-state index in [4.69, 9.17) is 0 Å². The normalized spacial score (nSPS) is 12.3. The van der Waals surface area contributed by atoms with Crippen LogP contribution in [0.1, 0.15) is 11.7 Å². The lowest BCUT2D eigenvalue weighted by molar-refractivity contribution is -0.385. The molecule has 0 saturated heterocycles. The number of aromatic nitrogens is 2. The van der Waals surface area contributed by atoms with Crippen LogP contribution in [0.4, 0.5) is 5.69 Å². The number of nitro groups is 1. The van der Waals surface area contributed by atoms with Gasteiger partial charge < -0.3 is 5.11 Å². The molecule has 0 spiro atoms. The van der Waals surface area contributed by atoms with E-state index in [0.717, 1.165) is 16.2 Å². The molecule has 1 unspecified atom stereocenters. The van der Waals surface area contributed by atoms with Crippen LogP contribution >= 0.6 is 15.9 Å². The first-order valence-corrected chi connectivity index (χ1v) is 5.96. The van der Waals surface area contributed by atoms with E-state index in [1.54, 1.807) is 12.1 Å². The number of nitrogens with zero attached hydrogens (tertiary/aromatic N) is 3. The zero-order chi connectivity index (χ0) is 13.1. The molecular weight excluding hydrogens is 302 g/mol. The Bertz CT molecular complexity index is 553. The van der Waals surface area contributed by atoms with Gasteiger partial charge in [-0.1, -0.05) is 28.1 Å². The number of hydrogen-bond donors (Lipinski definition) is 1. The summed E-state index contributed by atoms with van der Waals surface area (Å²) in [6.45, 7) is 0.176. The molecule has 2 aromatic rings. The maximum absolute atomic E-state index is 10.5. The molecular formula is C11H10BrN3O3. The van der Waals surface area contributed by atoms with Crippen LogP contribution < -0.4 is 0 Å². The predicted octanol–water partition coefficient (Wildman–Crippen LogP) is 2.29. The molecule has 0 amide bonds. The molecule has 1 N–H and O–H groups in total. The van der Waals surface area contributed by atoms with Gasteiger partial charge in [0.2, 0.25) is 0 Å². The summed E-state index contributed by atoms with van der Waals surface area (Å²) in [6, 6.07) is 7.22. The van der Waals surface area contributed by atoms with Crippen molar-refractivity contribution in [2.75, 3.05) is 0 Å². The molecule has 0 saturated carbocycles. The SMILES string of the molecule is O=[N+]([O-])c1cnn(CC(O)c2ccc(Br)cc2)c1. The predicted molar refractivity (Wildman–Crippen MR) is 68.0 cm³/mol. The fourth-order valence-electron chi connectivity index (χ4n) is 1.51. The lowest BCUT2D eigenvalue weighted by atomic mass is 10.1. The Morgan fingerprint density at radius 3 is 2.67 bits per heavy atom. The van der Waals surface area contributed by atoms with Crippen molar-refractivity contribution in [2.45, 2.75) is 12.6 Å². The van der Waals surface area contributed by atoms with E-state index in [9.17, 15) is 15.2 Å². The summed E-state index contributed by atoms with van der Waals surface area (Å²) in [5.74, 6) is 0. The van der Waals surface area contributed by atoms with Crippen LogP contribution in [0.5, 0.6) is 0 Å². The third-order valence-electron chi connectivity index (χ3n) is 2.45. The van der Waals surface area contributed by atoms with Gasteiger partial charge in [-0.25, -0.2) is 0 Å². The van der Waals surface area contributed by atoms with Gasteiger partial charge in [-0.05, 0) is 17.7 Å². The lowest BCUT2D eigenvalue weighted by Crippen LogP contribution is -2.08. The Hall–Kier alpha value is -1.73. The fraction of sp³-hybridized carbons (Fsp3) is 0.182. The van der Waals surface area contributed by atoms with Crippen molar-refractivity contribution in [1.82, 2.24) is 9.78 Å². The monoisotopic (exact) mass is 311 g/mol. The second-order valence-corrected chi connectivity index (χ2v) is 4.66. The van der Waals surface area contributed by atoms with Crippen LogP contribution in [0.3, 0.4) is 0 Å². The summed E-state index contributed by atoms with van der Waals surface area (Å²) in [4.78, 5) is 9.97. The first-order chi connectivity index (χ1) is 8.56. The third-order valence-corrected chi connectivity index (χ3v) is 2.97. The fourth-order valence-corrected chi connectivity index (χ4v) is 1.78.